The summed E-state index contributed by atoms with van der Waals surface area (Å²) in [6.07, 6.45) is 0. The van der Waals surface area contributed by atoms with Gasteiger partial charge in [-0.1, -0.05) is 6.07 Å². The molecule has 2 nitrogen and oxygen atoms in total. The van der Waals surface area contributed by atoms with E-state index < -0.39 is 34.8 Å². The summed E-state index contributed by atoms with van der Waals surface area (Å²) in [5.74, 6) is -6.16. The number of halogens is 4. The van der Waals surface area contributed by atoms with Crippen molar-refractivity contribution in [2.75, 3.05) is 5.73 Å². The summed E-state index contributed by atoms with van der Waals surface area (Å²) >= 11 is 0. The minimum absolute atomic E-state index is 0.142. The van der Waals surface area contributed by atoms with Crippen LogP contribution in [0.25, 0.3) is 0 Å². The van der Waals surface area contributed by atoms with Gasteiger partial charge in [0.05, 0.1) is 0 Å². The Labute approximate surface area is 99.6 Å². The zero-order valence-electron chi connectivity index (χ0n) is 8.88. The number of nitrogen functional groups attached to an aromatic ring is 1. The quantitative estimate of drug-likeness (QED) is 0.658. The fourth-order valence-corrected chi connectivity index (χ4v) is 1.35. The van der Waals surface area contributed by atoms with E-state index >= 15 is 0 Å². The zero-order valence-corrected chi connectivity index (χ0v) is 8.88. The fraction of sp³-hybridized carbons (Fsp3) is 0. The predicted octanol–water partition coefficient (Wildman–Crippen LogP) is 3.62. The Kier molecular flexibility index (Phi) is 3.10. The molecule has 0 aromatic heterocycles. The average molecular weight is 257 g/mol. The minimum Gasteiger partial charge on any atom is -0.448 e. The highest BCUT2D eigenvalue weighted by Gasteiger charge is 2.16. The van der Waals surface area contributed by atoms with Gasteiger partial charge in [-0.05, 0) is 12.1 Å². The van der Waals surface area contributed by atoms with Crippen LogP contribution in [0.15, 0.2) is 30.3 Å². The third-order valence-corrected chi connectivity index (χ3v) is 2.15. The molecule has 6 heteroatoms. The largest absolute Gasteiger partial charge is 0.448 e. The van der Waals surface area contributed by atoms with Crippen LogP contribution < -0.4 is 10.5 Å². The van der Waals surface area contributed by atoms with E-state index in [1.165, 1.54) is 0 Å². The first-order valence-corrected chi connectivity index (χ1v) is 4.85. The van der Waals surface area contributed by atoms with Crippen molar-refractivity contribution in [3.05, 3.63) is 53.6 Å². The number of rotatable bonds is 2. The van der Waals surface area contributed by atoms with E-state index in [1.54, 1.807) is 0 Å². The first-order chi connectivity index (χ1) is 8.49. The molecule has 0 aliphatic carbocycles. The molecule has 2 aromatic rings. The molecular formula is C12H7F4NO. The Hall–Kier alpha value is -2.24. The summed E-state index contributed by atoms with van der Waals surface area (Å²) in [6, 6.07) is 4.69. The van der Waals surface area contributed by atoms with Crippen LogP contribution in [0.4, 0.5) is 23.2 Å². The zero-order chi connectivity index (χ0) is 13.3. The van der Waals surface area contributed by atoms with E-state index in [-0.39, 0.29) is 5.69 Å². The summed E-state index contributed by atoms with van der Waals surface area (Å²) in [4.78, 5) is 0. The Morgan fingerprint density at radius 2 is 1.50 bits per heavy atom. The van der Waals surface area contributed by atoms with E-state index in [4.69, 9.17) is 5.73 Å². The van der Waals surface area contributed by atoms with Gasteiger partial charge in [0, 0.05) is 17.8 Å². The van der Waals surface area contributed by atoms with Gasteiger partial charge in [0.2, 0.25) is 5.82 Å². The van der Waals surface area contributed by atoms with Crippen LogP contribution in [-0.2, 0) is 0 Å². The van der Waals surface area contributed by atoms with Crippen LogP contribution in [0.2, 0.25) is 0 Å². The number of hydrogen-bond donors (Lipinski definition) is 1. The molecule has 0 saturated heterocycles. The average Bonchev–Trinajstić information content (AvgIpc) is 2.28. The van der Waals surface area contributed by atoms with Gasteiger partial charge in [0.15, 0.2) is 29.0 Å². The lowest BCUT2D eigenvalue weighted by Crippen LogP contribution is -1.98. The van der Waals surface area contributed by atoms with Crippen molar-refractivity contribution in [3.8, 4) is 11.5 Å². The maximum absolute atomic E-state index is 13.4. The molecule has 0 radical (unpaired) electrons. The van der Waals surface area contributed by atoms with Gasteiger partial charge in [-0.15, -0.1) is 0 Å². The van der Waals surface area contributed by atoms with Crippen molar-refractivity contribution in [1.29, 1.82) is 0 Å². The third kappa shape index (κ3) is 2.22. The highest BCUT2D eigenvalue weighted by atomic mass is 19.2. The van der Waals surface area contributed by atoms with Gasteiger partial charge in [-0.2, -0.15) is 4.39 Å². The molecule has 18 heavy (non-hydrogen) atoms. The second-order valence-corrected chi connectivity index (χ2v) is 3.47. The standard InChI is InChI=1S/C12H7F4NO/c13-7-2-1-3-10(11(7)16)18-12-8(14)4-6(17)5-9(12)15/h1-5H,17H2. The highest BCUT2D eigenvalue weighted by molar-refractivity contribution is 5.45. The first kappa shape index (κ1) is 12.2. The molecule has 0 unspecified atom stereocenters. The molecular weight excluding hydrogens is 250 g/mol. The van der Waals surface area contributed by atoms with Gasteiger partial charge < -0.3 is 10.5 Å². The molecule has 94 valence electrons. The van der Waals surface area contributed by atoms with E-state index in [1.807, 2.05) is 0 Å². The minimum atomic E-state index is -1.33. The van der Waals surface area contributed by atoms with Crippen LogP contribution in [-0.4, -0.2) is 0 Å². The number of ether oxygens (including phenoxy) is 1. The molecule has 0 saturated carbocycles. The van der Waals surface area contributed by atoms with Gasteiger partial charge in [-0.25, -0.2) is 13.2 Å². The van der Waals surface area contributed by atoms with Gasteiger partial charge in [0.1, 0.15) is 0 Å². The van der Waals surface area contributed by atoms with Crippen LogP contribution in [0, 0.1) is 23.3 Å². The van der Waals surface area contributed by atoms with Crippen molar-refractivity contribution in [3.63, 3.8) is 0 Å². The molecule has 2 N–H and O–H groups in total. The predicted molar refractivity (Wildman–Crippen MR) is 57.2 cm³/mol. The maximum atomic E-state index is 13.4. The van der Waals surface area contributed by atoms with E-state index in [9.17, 15) is 17.6 Å². The van der Waals surface area contributed by atoms with Crippen molar-refractivity contribution in [1.82, 2.24) is 0 Å². The Balaban J connectivity index is 2.43. The molecule has 2 rings (SSSR count). The molecule has 0 aliphatic heterocycles. The van der Waals surface area contributed by atoms with Crippen LogP contribution in [0.5, 0.6) is 11.5 Å². The summed E-state index contributed by atoms with van der Waals surface area (Å²) in [6.45, 7) is 0. The monoisotopic (exact) mass is 257 g/mol. The van der Waals surface area contributed by atoms with Crippen LogP contribution in [0.3, 0.4) is 0 Å². The summed E-state index contributed by atoms with van der Waals surface area (Å²) in [5, 5.41) is 0. The smallest absolute Gasteiger partial charge is 0.201 e. The number of hydrogen-bond acceptors (Lipinski definition) is 2. The van der Waals surface area contributed by atoms with E-state index in [0.29, 0.717) is 0 Å². The molecule has 0 spiro atoms. The van der Waals surface area contributed by atoms with Crippen molar-refractivity contribution < 1.29 is 22.3 Å². The number of anilines is 1. The van der Waals surface area contributed by atoms with Crippen molar-refractivity contribution in [2.24, 2.45) is 0 Å². The lowest BCUT2D eigenvalue weighted by molar-refractivity contribution is 0.376. The lowest BCUT2D eigenvalue weighted by Gasteiger charge is -2.09. The van der Waals surface area contributed by atoms with Crippen LogP contribution in [0.1, 0.15) is 0 Å². The normalized spacial score (nSPS) is 10.4. The van der Waals surface area contributed by atoms with E-state index in [0.717, 1.165) is 30.3 Å². The Morgan fingerprint density at radius 1 is 0.889 bits per heavy atom. The maximum Gasteiger partial charge on any atom is 0.201 e. The molecule has 0 fully saturated rings. The molecule has 0 aliphatic rings. The summed E-state index contributed by atoms with van der Waals surface area (Å²) < 4.78 is 57.6. The molecule has 0 bridgehead atoms. The highest BCUT2D eigenvalue weighted by Crippen LogP contribution is 2.31. The molecule has 0 amide bonds. The fourth-order valence-electron chi connectivity index (χ4n) is 1.35. The lowest BCUT2D eigenvalue weighted by atomic mass is 10.2. The summed E-state index contributed by atoms with van der Waals surface area (Å²) in [7, 11) is 0. The molecule has 0 heterocycles. The van der Waals surface area contributed by atoms with E-state index in [2.05, 4.69) is 4.74 Å². The Morgan fingerprint density at radius 3 is 2.11 bits per heavy atom. The summed E-state index contributed by atoms with van der Waals surface area (Å²) in [5.41, 5.74) is 5.06. The topological polar surface area (TPSA) is 35.2 Å². The SMILES string of the molecule is Nc1cc(F)c(Oc2cccc(F)c2F)c(F)c1. The molecule has 0 atom stereocenters. The molecule has 2 aromatic carbocycles. The second kappa shape index (κ2) is 4.56. The first-order valence-electron chi connectivity index (χ1n) is 4.85. The number of benzene rings is 2. The number of nitrogens with two attached hydrogens (primary N) is 1. The van der Waals surface area contributed by atoms with Crippen LogP contribution >= 0.6 is 0 Å². The van der Waals surface area contributed by atoms with Crippen molar-refractivity contribution in [2.45, 2.75) is 0 Å². The third-order valence-electron chi connectivity index (χ3n) is 2.15. The van der Waals surface area contributed by atoms with Crippen molar-refractivity contribution >= 4 is 5.69 Å². The second-order valence-electron chi connectivity index (χ2n) is 3.47. The van der Waals surface area contributed by atoms with Gasteiger partial charge in [-0.3, -0.25) is 0 Å². The van der Waals surface area contributed by atoms with Gasteiger partial charge in [0.25, 0.3) is 0 Å². The Bertz CT molecular complexity index is 578. The van der Waals surface area contributed by atoms with Gasteiger partial charge >= 0.3 is 0 Å².